The second-order valence-electron chi connectivity index (χ2n) is 5.59. The molecule has 0 atom stereocenters. The van der Waals surface area contributed by atoms with Crippen LogP contribution in [-0.2, 0) is 11.2 Å². The molecule has 4 heteroatoms. The molecule has 0 radical (unpaired) electrons. The highest BCUT2D eigenvalue weighted by Gasteiger charge is 2.25. The minimum atomic E-state index is -0.170. The Morgan fingerprint density at radius 3 is 2.67 bits per heavy atom. The Morgan fingerprint density at radius 1 is 1.14 bits per heavy atom. The first kappa shape index (κ1) is 13.7. The van der Waals surface area contributed by atoms with Crippen LogP contribution in [0, 0.1) is 11.3 Å². The Kier molecular flexibility index (Phi) is 3.92. The normalized spacial score (nSPS) is 18.3. The van der Waals surface area contributed by atoms with Crippen LogP contribution >= 0.6 is 0 Å². The number of amides is 1. The van der Waals surface area contributed by atoms with Gasteiger partial charge in [0.25, 0.3) is 5.91 Å². The summed E-state index contributed by atoms with van der Waals surface area (Å²) in [5.74, 6) is -0.170. The summed E-state index contributed by atoms with van der Waals surface area (Å²) >= 11 is 0. The maximum absolute atomic E-state index is 12.7. The average Bonchev–Trinajstić information content (AvgIpc) is 3.04. The zero-order chi connectivity index (χ0) is 14.7. The number of benzene rings is 1. The molecule has 1 amide bonds. The number of hydrogen-bond acceptors (Lipinski definition) is 3. The lowest BCUT2D eigenvalue weighted by atomic mass is 10.0. The molecule has 108 valence electrons. The van der Waals surface area contributed by atoms with Crippen LogP contribution in [0.1, 0.15) is 24.8 Å². The quantitative estimate of drug-likeness (QED) is 0.618. The van der Waals surface area contributed by atoms with E-state index in [2.05, 4.69) is 17.0 Å². The highest BCUT2D eigenvalue weighted by molar-refractivity contribution is 6.08. The zero-order valence-corrected chi connectivity index (χ0v) is 12.1. The van der Waals surface area contributed by atoms with Crippen molar-refractivity contribution in [3.63, 3.8) is 0 Å². The molecule has 0 aliphatic carbocycles. The lowest BCUT2D eigenvalue weighted by molar-refractivity contribution is -0.114. The third kappa shape index (κ3) is 2.78. The lowest BCUT2D eigenvalue weighted by Gasteiger charge is -2.29. The van der Waals surface area contributed by atoms with Gasteiger partial charge in [0, 0.05) is 31.5 Å². The molecule has 0 saturated carbocycles. The van der Waals surface area contributed by atoms with Gasteiger partial charge in [-0.25, -0.2) is 0 Å². The number of nitrogens with zero attached hydrogens (tertiary/aromatic N) is 3. The maximum Gasteiger partial charge on any atom is 0.270 e. The number of anilines is 1. The molecule has 2 aliphatic heterocycles. The minimum absolute atomic E-state index is 0.170. The molecule has 0 aromatic heterocycles. The maximum atomic E-state index is 12.7. The molecule has 0 unspecified atom stereocenters. The summed E-state index contributed by atoms with van der Waals surface area (Å²) in [4.78, 5) is 16.5. The lowest BCUT2D eigenvalue weighted by Crippen LogP contribution is -2.36. The van der Waals surface area contributed by atoms with E-state index in [1.165, 1.54) is 5.56 Å². The van der Waals surface area contributed by atoms with Crippen molar-refractivity contribution >= 4 is 11.6 Å². The molecule has 0 N–H and O–H groups in total. The van der Waals surface area contributed by atoms with Crippen molar-refractivity contribution in [1.82, 2.24) is 4.90 Å². The van der Waals surface area contributed by atoms with Gasteiger partial charge in [0.2, 0.25) is 0 Å². The largest absolute Gasteiger partial charge is 0.376 e. The fourth-order valence-corrected chi connectivity index (χ4v) is 3.08. The Morgan fingerprint density at radius 2 is 1.90 bits per heavy atom. The number of likely N-dealkylation sites (tertiary alicyclic amines) is 1. The van der Waals surface area contributed by atoms with Gasteiger partial charge in [0.05, 0.1) is 0 Å². The van der Waals surface area contributed by atoms with E-state index in [1.54, 1.807) is 11.1 Å². The van der Waals surface area contributed by atoms with Gasteiger partial charge in [0.15, 0.2) is 0 Å². The topological polar surface area (TPSA) is 47.3 Å². The predicted molar refractivity (Wildman–Crippen MR) is 81.6 cm³/mol. The molecule has 4 nitrogen and oxygen atoms in total. The SMILES string of the molecule is N#C/C(=C/N1CCCC1)C(=O)N1CCCc2ccccc21. The van der Waals surface area contributed by atoms with Crippen LogP contribution in [0.3, 0.4) is 0 Å². The van der Waals surface area contributed by atoms with Gasteiger partial charge in [-0.15, -0.1) is 0 Å². The predicted octanol–water partition coefficient (Wildman–Crippen LogP) is 2.47. The molecular weight excluding hydrogens is 262 g/mol. The highest BCUT2D eigenvalue weighted by Crippen LogP contribution is 2.28. The van der Waals surface area contributed by atoms with Crippen LogP contribution < -0.4 is 4.90 Å². The van der Waals surface area contributed by atoms with Crippen LogP contribution in [0.25, 0.3) is 0 Å². The van der Waals surface area contributed by atoms with E-state index >= 15 is 0 Å². The third-order valence-corrected chi connectivity index (χ3v) is 4.16. The van der Waals surface area contributed by atoms with Crippen molar-refractivity contribution in [1.29, 1.82) is 5.26 Å². The van der Waals surface area contributed by atoms with Gasteiger partial charge in [-0.05, 0) is 37.3 Å². The Labute approximate surface area is 125 Å². The molecular formula is C17H19N3O. The zero-order valence-electron chi connectivity index (χ0n) is 12.1. The summed E-state index contributed by atoms with van der Waals surface area (Å²) < 4.78 is 0. The molecule has 0 bridgehead atoms. The molecule has 1 saturated heterocycles. The van der Waals surface area contributed by atoms with Gasteiger partial charge < -0.3 is 9.80 Å². The first-order valence-corrected chi connectivity index (χ1v) is 7.55. The van der Waals surface area contributed by atoms with Crippen LogP contribution in [0.2, 0.25) is 0 Å². The van der Waals surface area contributed by atoms with Crippen molar-refractivity contribution in [3.05, 3.63) is 41.6 Å². The van der Waals surface area contributed by atoms with Crippen molar-refractivity contribution < 1.29 is 4.79 Å². The second kappa shape index (κ2) is 6.01. The number of nitriles is 1. The molecule has 2 aliphatic rings. The van der Waals surface area contributed by atoms with Crippen molar-refractivity contribution in [2.45, 2.75) is 25.7 Å². The summed E-state index contributed by atoms with van der Waals surface area (Å²) in [7, 11) is 0. The van der Waals surface area contributed by atoms with Crippen molar-refractivity contribution in [2.24, 2.45) is 0 Å². The molecule has 1 aromatic rings. The van der Waals surface area contributed by atoms with Crippen LogP contribution in [0.4, 0.5) is 5.69 Å². The Bertz CT molecular complexity index is 609. The number of aryl methyl sites for hydroxylation is 1. The summed E-state index contributed by atoms with van der Waals surface area (Å²) in [6.45, 7) is 2.57. The van der Waals surface area contributed by atoms with E-state index in [-0.39, 0.29) is 11.5 Å². The average molecular weight is 281 g/mol. The number of fused-ring (bicyclic) bond motifs is 1. The minimum Gasteiger partial charge on any atom is -0.376 e. The molecule has 2 heterocycles. The van der Waals surface area contributed by atoms with Crippen molar-refractivity contribution in [3.8, 4) is 6.07 Å². The number of rotatable bonds is 2. The van der Waals surface area contributed by atoms with E-state index in [4.69, 9.17) is 0 Å². The van der Waals surface area contributed by atoms with Gasteiger partial charge in [0.1, 0.15) is 11.6 Å². The van der Waals surface area contributed by atoms with Gasteiger partial charge in [-0.1, -0.05) is 18.2 Å². The van der Waals surface area contributed by atoms with E-state index in [1.807, 2.05) is 18.2 Å². The van der Waals surface area contributed by atoms with E-state index in [0.717, 1.165) is 44.5 Å². The first-order chi connectivity index (χ1) is 10.3. The summed E-state index contributed by atoms with van der Waals surface area (Å²) in [5, 5.41) is 9.34. The van der Waals surface area contributed by atoms with Crippen LogP contribution in [-0.4, -0.2) is 30.4 Å². The number of carbonyl (C=O) groups excluding carboxylic acids is 1. The summed E-state index contributed by atoms with van der Waals surface area (Å²) in [5.41, 5.74) is 2.39. The Balaban J connectivity index is 1.86. The summed E-state index contributed by atoms with van der Waals surface area (Å²) in [6, 6.07) is 10.1. The Hall–Kier alpha value is -2.28. The summed E-state index contributed by atoms with van der Waals surface area (Å²) in [6.07, 6.45) is 5.96. The fourth-order valence-electron chi connectivity index (χ4n) is 3.08. The molecule has 0 spiro atoms. The number of hydrogen-bond donors (Lipinski definition) is 0. The second-order valence-corrected chi connectivity index (χ2v) is 5.59. The van der Waals surface area contributed by atoms with E-state index in [0.29, 0.717) is 6.54 Å². The van der Waals surface area contributed by atoms with Gasteiger partial charge in [-0.2, -0.15) is 5.26 Å². The van der Waals surface area contributed by atoms with E-state index in [9.17, 15) is 10.1 Å². The van der Waals surface area contributed by atoms with Crippen LogP contribution in [0.15, 0.2) is 36.0 Å². The molecule has 3 rings (SSSR count). The van der Waals surface area contributed by atoms with Crippen LogP contribution in [0.5, 0.6) is 0 Å². The molecule has 1 fully saturated rings. The van der Waals surface area contributed by atoms with Gasteiger partial charge in [-0.3, -0.25) is 4.79 Å². The molecule has 21 heavy (non-hydrogen) atoms. The highest BCUT2D eigenvalue weighted by atomic mass is 16.2. The van der Waals surface area contributed by atoms with E-state index < -0.39 is 0 Å². The molecule has 1 aromatic carbocycles. The third-order valence-electron chi connectivity index (χ3n) is 4.16. The smallest absolute Gasteiger partial charge is 0.270 e. The van der Waals surface area contributed by atoms with Crippen molar-refractivity contribution in [2.75, 3.05) is 24.5 Å². The fraction of sp³-hybridized carbons (Fsp3) is 0.412. The number of para-hydroxylation sites is 1. The standard InChI is InChI=1S/C17H19N3O/c18-12-15(13-19-9-3-4-10-19)17(21)20-11-5-7-14-6-1-2-8-16(14)20/h1-2,6,8,13H,3-5,7,9-11H2/b15-13-. The number of carbonyl (C=O) groups is 1. The van der Waals surface area contributed by atoms with Gasteiger partial charge >= 0.3 is 0 Å². The monoisotopic (exact) mass is 281 g/mol. The first-order valence-electron chi connectivity index (χ1n) is 7.55.